The van der Waals surface area contributed by atoms with Gasteiger partial charge in [0.05, 0.1) is 12.1 Å². The molecule has 4 nitrogen and oxygen atoms in total. The number of benzene rings is 1. The molecule has 0 amide bonds. The van der Waals surface area contributed by atoms with Crippen LogP contribution in [0, 0.1) is 0 Å². The van der Waals surface area contributed by atoms with Crippen molar-refractivity contribution < 1.29 is 14.2 Å². The monoisotopic (exact) mass is 255 g/mol. The van der Waals surface area contributed by atoms with Crippen LogP contribution in [-0.4, -0.2) is 20.4 Å². The van der Waals surface area contributed by atoms with Gasteiger partial charge in [-0.25, -0.2) is 0 Å². The summed E-state index contributed by atoms with van der Waals surface area (Å²) in [6, 6.07) is 1.73. The maximum Gasteiger partial charge on any atom is 0.231 e. The molecule has 0 atom stereocenters. The zero-order chi connectivity index (χ0) is 12.0. The Morgan fingerprint density at radius 1 is 1.47 bits per heavy atom. The van der Waals surface area contributed by atoms with Crippen LogP contribution in [0.2, 0.25) is 5.02 Å². The highest BCUT2D eigenvalue weighted by molar-refractivity contribution is 6.32. The molecule has 1 fully saturated rings. The summed E-state index contributed by atoms with van der Waals surface area (Å²) >= 11 is 6.20. The lowest BCUT2D eigenvalue weighted by Crippen LogP contribution is -2.21. The third-order valence-corrected chi connectivity index (χ3v) is 3.83. The smallest absolute Gasteiger partial charge is 0.231 e. The SMILES string of the molecule is COc1c(Cl)cc2c(c1C1(CN)CC1)OCO2. The van der Waals surface area contributed by atoms with E-state index in [1.807, 2.05) is 0 Å². The Bertz CT molecular complexity index is 468. The van der Waals surface area contributed by atoms with Gasteiger partial charge in [-0.15, -0.1) is 0 Å². The summed E-state index contributed by atoms with van der Waals surface area (Å²) in [5.74, 6) is 2.10. The molecule has 5 heteroatoms. The second-order valence-electron chi connectivity index (χ2n) is 4.48. The van der Waals surface area contributed by atoms with Crippen LogP contribution < -0.4 is 19.9 Å². The largest absolute Gasteiger partial charge is 0.495 e. The molecule has 1 aliphatic heterocycles. The first-order valence-corrected chi connectivity index (χ1v) is 5.96. The third-order valence-electron chi connectivity index (χ3n) is 3.55. The van der Waals surface area contributed by atoms with Crippen molar-refractivity contribution in [2.75, 3.05) is 20.4 Å². The van der Waals surface area contributed by atoms with E-state index in [0.29, 0.717) is 23.1 Å². The topological polar surface area (TPSA) is 53.7 Å². The van der Waals surface area contributed by atoms with Crippen LogP contribution in [0.3, 0.4) is 0 Å². The molecule has 92 valence electrons. The molecule has 17 heavy (non-hydrogen) atoms. The van der Waals surface area contributed by atoms with E-state index < -0.39 is 0 Å². The maximum atomic E-state index is 6.20. The quantitative estimate of drug-likeness (QED) is 0.898. The number of fused-ring (bicyclic) bond motifs is 1. The molecule has 0 radical (unpaired) electrons. The predicted molar refractivity (Wildman–Crippen MR) is 64.1 cm³/mol. The van der Waals surface area contributed by atoms with Crippen LogP contribution in [0.5, 0.6) is 17.2 Å². The normalized spacial score (nSPS) is 19.2. The summed E-state index contributed by atoms with van der Waals surface area (Å²) in [4.78, 5) is 0. The van der Waals surface area contributed by atoms with Crippen LogP contribution in [0.25, 0.3) is 0 Å². The van der Waals surface area contributed by atoms with Crippen molar-refractivity contribution in [1.82, 2.24) is 0 Å². The first kappa shape index (κ1) is 11.0. The van der Waals surface area contributed by atoms with Gasteiger partial charge in [0.25, 0.3) is 0 Å². The lowest BCUT2D eigenvalue weighted by atomic mass is 9.93. The van der Waals surface area contributed by atoms with Crippen molar-refractivity contribution in [3.8, 4) is 17.2 Å². The zero-order valence-electron chi connectivity index (χ0n) is 9.59. The molecule has 1 heterocycles. The average molecular weight is 256 g/mol. The Hall–Kier alpha value is -1.13. The van der Waals surface area contributed by atoms with Gasteiger partial charge in [0, 0.05) is 23.6 Å². The molecule has 3 rings (SSSR count). The third kappa shape index (κ3) is 1.47. The minimum absolute atomic E-state index is 0.0476. The minimum Gasteiger partial charge on any atom is -0.495 e. The second kappa shape index (κ2) is 3.68. The van der Waals surface area contributed by atoms with Crippen LogP contribution in [0.4, 0.5) is 0 Å². The van der Waals surface area contributed by atoms with Crippen LogP contribution in [-0.2, 0) is 5.41 Å². The molecule has 0 aromatic heterocycles. The van der Waals surface area contributed by atoms with Gasteiger partial charge in [0.1, 0.15) is 5.75 Å². The molecule has 1 aliphatic carbocycles. The van der Waals surface area contributed by atoms with Crippen LogP contribution >= 0.6 is 11.6 Å². The fourth-order valence-corrected chi connectivity index (χ4v) is 2.65. The van der Waals surface area contributed by atoms with E-state index in [1.165, 1.54) is 0 Å². The van der Waals surface area contributed by atoms with E-state index in [-0.39, 0.29) is 12.2 Å². The Morgan fingerprint density at radius 2 is 2.24 bits per heavy atom. The summed E-state index contributed by atoms with van der Waals surface area (Å²) in [6.45, 7) is 0.798. The maximum absolute atomic E-state index is 6.20. The molecule has 1 aromatic rings. The van der Waals surface area contributed by atoms with E-state index >= 15 is 0 Å². The standard InChI is InChI=1S/C12H14ClNO3/c1-15-10-7(13)4-8-11(17-6-16-8)9(10)12(5-14)2-3-12/h4H,2-3,5-6,14H2,1H3. The molecule has 0 bridgehead atoms. The molecular weight excluding hydrogens is 242 g/mol. The van der Waals surface area contributed by atoms with E-state index in [2.05, 4.69) is 0 Å². The first-order chi connectivity index (χ1) is 8.22. The van der Waals surface area contributed by atoms with Crippen LogP contribution in [0.15, 0.2) is 6.07 Å². The lowest BCUT2D eigenvalue weighted by Gasteiger charge is -2.19. The highest BCUT2D eigenvalue weighted by Gasteiger charge is 2.49. The fourth-order valence-electron chi connectivity index (χ4n) is 2.38. The van der Waals surface area contributed by atoms with Gasteiger partial charge in [-0.05, 0) is 12.8 Å². The number of ether oxygens (including phenoxy) is 3. The number of halogens is 1. The number of hydrogen-bond donors (Lipinski definition) is 1. The number of hydrogen-bond acceptors (Lipinski definition) is 4. The highest BCUT2D eigenvalue weighted by atomic mass is 35.5. The molecular formula is C12H14ClNO3. The number of nitrogens with two attached hydrogens (primary N) is 1. The van der Waals surface area contributed by atoms with Crippen molar-refractivity contribution in [2.45, 2.75) is 18.3 Å². The molecule has 0 spiro atoms. The van der Waals surface area contributed by atoms with Gasteiger partial charge < -0.3 is 19.9 Å². The molecule has 2 aliphatic rings. The number of methoxy groups -OCH3 is 1. The van der Waals surface area contributed by atoms with Gasteiger partial charge in [-0.1, -0.05) is 11.6 Å². The van der Waals surface area contributed by atoms with Crippen molar-refractivity contribution in [3.05, 3.63) is 16.7 Å². The molecule has 0 saturated heterocycles. The van der Waals surface area contributed by atoms with Crippen molar-refractivity contribution >= 4 is 11.6 Å². The van der Waals surface area contributed by atoms with Gasteiger partial charge in [-0.2, -0.15) is 0 Å². The van der Waals surface area contributed by atoms with Crippen molar-refractivity contribution in [1.29, 1.82) is 0 Å². The zero-order valence-corrected chi connectivity index (χ0v) is 10.3. The Labute approximate surface area is 105 Å². The molecule has 2 N–H and O–H groups in total. The molecule has 0 unspecified atom stereocenters. The summed E-state index contributed by atoms with van der Waals surface area (Å²) < 4.78 is 16.3. The van der Waals surface area contributed by atoms with E-state index in [9.17, 15) is 0 Å². The summed E-state index contributed by atoms with van der Waals surface area (Å²) in [5, 5.41) is 0.548. The van der Waals surface area contributed by atoms with Gasteiger partial charge in [0.2, 0.25) is 6.79 Å². The minimum atomic E-state index is -0.0476. The van der Waals surface area contributed by atoms with Crippen LogP contribution in [0.1, 0.15) is 18.4 Å². The first-order valence-electron chi connectivity index (χ1n) is 5.58. The van der Waals surface area contributed by atoms with Gasteiger partial charge >= 0.3 is 0 Å². The molecule has 1 saturated carbocycles. The Kier molecular flexibility index (Phi) is 2.38. The fraction of sp³-hybridized carbons (Fsp3) is 0.500. The Morgan fingerprint density at radius 3 is 2.82 bits per heavy atom. The van der Waals surface area contributed by atoms with E-state index in [1.54, 1.807) is 13.2 Å². The average Bonchev–Trinajstić information content (AvgIpc) is 2.99. The van der Waals surface area contributed by atoms with Gasteiger partial charge in [0.15, 0.2) is 11.5 Å². The second-order valence-corrected chi connectivity index (χ2v) is 4.89. The Balaban J connectivity index is 2.23. The van der Waals surface area contributed by atoms with Crippen molar-refractivity contribution in [3.63, 3.8) is 0 Å². The van der Waals surface area contributed by atoms with Gasteiger partial charge in [-0.3, -0.25) is 0 Å². The summed E-state index contributed by atoms with van der Waals surface area (Å²) in [5.41, 5.74) is 6.80. The predicted octanol–water partition coefficient (Wildman–Crippen LogP) is 2.07. The highest BCUT2D eigenvalue weighted by Crippen LogP contribution is 2.58. The van der Waals surface area contributed by atoms with E-state index in [0.717, 1.165) is 24.2 Å². The lowest BCUT2D eigenvalue weighted by molar-refractivity contribution is 0.172. The summed E-state index contributed by atoms with van der Waals surface area (Å²) in [6.07, 6.45) is 2.08. The summed E-state index contributed by atoms with van der Waals surface area (Å²) in [7, 11) is 1.61. The van der Waals surface area contributed by atoms with E-state index in [4.69, 9.17) is 31.5 Å². The number of rotatable bonds is 3. The molecule has 1 aromatic carbocycles. The van der Waals surface area contributed by atoms with Crippen molar-refractivity contribution in [2.24, 2.45) is 5.73 Å².